The first-order chi connectivity index (χ1) is 20.7. The van der Waals surface area contributed by atoms with Crippen LogP contribution in [0.15, 0.2) is 127 Å². The third kappa shape index (κ3) is 3.54. The van der Waals surface area contributed by atoms with E-state index in [-0.39, 0.29) is 6.71 Å². The Kier molecular flexibility index (Phi) is 5.08. The zero-order valence-corrected chi connectivity index (χ0v) is 23.7. The number of hydrogen-bond acceptors (Lipinski definition) is 4. The minimum absolute atomic E-state index is 0.0742. The largest absolute Gasteiger partial charge is 0.458 e. The van der Waals surface area contributed by atoms with Gasteiger partial charge in [-0.15, -0.1) is 11.3 Å². The Labute approximate surface area is 248 Å². The predicted molar refractivity (Wildman–Crippen MR) is 176 cm³/mol. The molecule has 5 heteroatoms. The molecule has 3 nitrogen and oxygen atoms in total. The van der Waals surface area contributed by atoms with E-state index in [0.717, 1.165) is 45.5 Å². The van der Waals surface area contributed by atoms with Crippen LogP contribution in [0.4, 0.5) is 17.1 Å². The van der Waals surface area contributed by atoms with Gasteiger partial charge in [0.05, 0.1) is 0 Å². The van der Waals surface area contributed by atoms with Gasteiger partial charge in [0.15, 0.2) is 0 Å². The topological polar surface area (TPSA) is 21.7 Å². The lowest BCUT2D eigenvalue weighted by Gasteiger charge is -2.32. The highest BCUT2D eigenvalue weighted by Gasteiger charge is 2.40. The van der Waals surface area contributed by atoms with Crippen molar-refractivity contribution >= 4 is 71.7 Å². The molecule has 0 saturated heterocycles. The number of rotatable bonds is 3. The molecule has 6 aromatic carbocycles. The molecule has 0 aliphatic carbocycles. The summed E-state index contributed by atoms with van der Waals surface area (Å²) in [4.78, 5) is 2.33. The van der Waals surface area contributed by atoms with E-state index < -0.39 is 0 Å². The minimum atomic E-state index is 0.0742. The summed E-state index contributed by atoms with van der Waals surface area (Å²) in [6.07, 6.45) is 0. The molecule has 2 aliphatic rings. The molecule has 7 aromatic rings. The second-order valence-corrected chi connectivity index (χ2v) is 12.1. The Morgan fingerprint density at radius 1 is 0.524 bits per heavy atom. The van der Waals surface area contributed by atoms with E-state index in [1.807, 2.05) is 29.5 Å². The van der Waals surface area contributed by atoms with Crippen LogP contribution in [0, 0.1) is 6.92 Å². The number of aryl methyl sites for hydroxylation is 1. The van der Waals surface area contributed by atoms with E-state index in [1.165, 1.54) is 36.7 Å². The van der Waals surface area contributed by atoms with Crippen LogP contribution < -0.4 is 30.8 Å². The van der Waals surface area contributed by atoms with Gasteiger partial charge in [0.1, 0.15) is 23.0 Å². The Morgan fingerprint density at radius 3 is 2.02 bits per heavy atom. The number of anilines is 3. The summed E-state index contributed by atoms with van der Waals surface area (Å²) in [5.41, 5.74) is 8.15. The van der Waals surface area contributed by atoms with Gasteiger partial charge in [-0.05, 0) is 84.6 Å². The Morgan fingerprint density at radius 2 is 1.19 bits per heavy atom. The third-order valence-electron chi connectivity index (χ3n) is 8.45. The molecule has 2 aliphatic heterocycles. The number of benzene rings is 6. The minimum Gasteiger partial charge on any atom is -0.458 e. The van der Waals surface area contributed by atoms with E-state index in [1.54, 1.807) is 0 Å². The van der Waals surface area contributed by atoms with Crippen molar-refractivity contribution in [3.8, 4) is 23.0 Å². The zero-order chi connectivity index (χ0) is 27.8. The SMILES string of the molecule is Cc1ccc(N(c2ccccc2)c2ccc3c(c2)sc2cc4c(cc23)Oc2cccc3c2B4c2ccccc2O3)cc1. The smallest absolute Gasteiger partial charge is 0.260 e. The average molecular weight is 557 g/mol. The van der Waals surface area contributed by atoms with Crippen LogP contribution in [0.25, 0.3) is 20.2 Å². The number of ether oxygens (including phenoxy) is 2. The quantitative estimate of drug-likeness (QED) is 0.203. The molecule has 0 bridgehead atoms. The van der Waals surface area contributed by atoms with Crippen LogP contribution in [-0.2, 0) is 0 Å². The molecule has 0 radical (unpaired) electrons. The summed E-state index contributed by atoms with van der Waals surface area (Å²) in [5, 5.41) is 2.47. The standard InChI is InChI=1S/C37H24BNO2S/c1-23-14-16-25(17-15-23)39(24-8-3-2-4-9-24)26-18-19-27-28-21-34-30(22-36(28)42-35(27)20-26)38-29-10-5-6-11-31(29)40-32-12-7-13-33(41-34)37(32)38/h2-22H,1H3. The molecule has 1 aromatic heterocycles. The van der Waals surface area contributed by atoms with Crippen LogP contribution in [0.1, 0.15) is 5.56 Å². The molecule has 0 fully saturated rings. The normalized spacial score (nSPS) is 12.7. The van der Waals surface area contributed by atoms with E-state index in [0.29, 0.717) is 0 Å². The summed E-state index contributed by atoms with van der Waals surface area (Å²) in [7, 11) is 0. The third-order valence-corrected chi connectivity index (χ3v) is 9.56. The molecule has 9 rings (SSSR count). The lowest BCUT2D eigenvalue weighted by molar-refractivity contribution is 0.465. The molecule has 0 spiro atoms. The van der Waals surface area contributed by atoms with Crippen molar-refractivity contribution in [2.45, 2.75) is 6.92 Å². The maximum atomic E-state index is 6.57. The van der Waals surface area contributed by atoms with Crippen molar-refractivity contribution in [1.29, 1.82) is 0 Å². The molecule has 0 unspecified atom stereocenters. The number of fused-ring (bicyclic) bond motifs is 7. The van der Waals surface area contributed by atoms with E-state index >= 15 is 0 Å². The lowest BCUT2D eigenvalue weighted by atomic mass is 9.35. The lowest BCUT2D eigenvalue weighted by Crippen LogP contribution is -2.57. The average Bonchev–Trinajstić information content (AvgIpc) is 3.38. The van der Waals surface area contributed by atoms with Crippen LogP contribution in [0.2, 0.25) is 0 Å². The Balaban J connectivity index is 1.22. The van der Waals surface area contributed by atoms with E-state index in [2.05, 4.69) is 121 Å². The number of thiophene rings is 1. The van der Waals surface area contributed by atoms with Gasteiger partial charge in [-0.2, -0.15) is 0 Å². The van der Waals surface area contributed by atoms with Gasteiger partial charge in [0.2, 0.25) is 0 Å². The van der Waals surface area contributed by atoms with Gasteiger partial charge in [-0.25, -0.2) is 0 Å². The predicted octanol–water partition coefficient (Wildman–Crippen LogP) is 8.56. The van der Waals surface area contributed by atoms with Gasteiger partial charge < -0.3 is 14.4 Å². The highest BCUT2D eigenvalue weighted by Crippen LogP contribution is 2.43. The molecule has 0 saturated carbocycles. The van der Waals surface area contributed by atoms with Gasteiger partial charge in [0.25, 0.3) is 6.71 Å². The van der Waals surface area contributed by atoms with Crippen LogP contribution in [-0.4, -0.2) is 6.71 Å². The van der Waals surface area contributed by atoms with E-state index in [4.69, 9.17) is 9.47 Å². The van der Waals surface area contributed by atoms with Crippen molar-refractivity contribution < 1.29 is 9.47 Å². The molecule has 42 heavy (non-hydrogen) atoms. The molecular formula is C37H24BNO2S. The monoisotopic (exact) mass is 557 g/mol. The second-order valence-electron chi connectivity index (χ2n) is 11.0. The van der Waals surface area contributed by atoms with Crippen molar-refractivity contribution in [2.24, 2.45) is 0 Å². The zero-order valence-electron chi connectivity index (χ0n) is 22.9. The fourth-order valence-corrected chi connectivity index (χ4v) is 7.66. The van der Waals surface area contributed by atoms with Gasteiger partial charge in [-0.3, -0.25) is 0 Å². The van der Waals surface area contributed by atoms with Crippen molar-refractivity contribution in [1.82, 2.24) is 0 Å². The van der Waals surface area contributed by atoms with Crippen molar-refractivity contribution in [2.75, 3.05) is 4.90 Å². The number of para-hydroxylation sites is 2. The van der Waals surface area contributed by atoms with Gasteiger partial charge in [-0.1, -0.05) is 66.2 Å². The van der Waals surface area contributed by atoms with Gasteiger partial charge in [0, 0.05) is 42.7 Å². The van der Waals surface area contributed by atoms with Gasteiger partial charge >= 0.3 is 0 Å². The van der Waals surface area contributed by atoms with E-state index in [9.17, 15) is 0 Å². The van der Waals surface area contributed by atoms with Crippen LogP contribution >= 0.6 is 11.3 Å². The summed E-state index contributed by atoms with van der Waals surface area (Å²) in [6.45, 7) is 2.20. The fraction of sp³-hybridized carbons (Fsp3) is 0.0270. The van der Waals surface area contributed by atoms with Crippen molar-refractivity contribution in [3.63, 3.8) is 0 Å². The number of hydrogen-bond donors (Lipinski definition) is 0. The fourth-order valence-electron chi connectivity index (χ4n) is 6.49. The van der Waals surface area contributed by atoms with Crippen LogP contribution in [0.5, 0.6) is 23.0 Å². The first-order valence-corrected chi connectivity index (χ1v) is 15.0. The summed E-state index contributed by atoms with van der Waals surface area (Å²) < 4.78 is 15.4. The van der Waals surface area contributed by atoms with Crippen LogP contribution in [0.3, 0.4) is 0 Å². The second kappa shape index (κ2) is 9.00. The molecule has 0 N–H and O–H groups in total. The molecule has 0 amide bonds. The summed E-state index contributed by atoms with van der Waals surface area (Å²) >= 11 is 1.84. The highest BCUT2D eigenvalue weighted by molar-refractivity contribution is 7.26. The molecule has 0 atom stereocenters. The first-order valence-electron chi connectivity index (χ1n) is 14.2. The highest BCUT2D eigenvalue weighted by atomic mass is 32.1. The Hall–Kier alpha value is -5.00. The Bertz CT molecular complexity index is 2170. The number of nitrogens with zero attached hydrogens (tertiary/aromatic N) is 1. The molecular weight excluding hydrogens is 533 g/mol. The summed E-state index contributed by atoms with van der Waals surface area (Å²) in [5.74, 6) is 3.58. The summed E-state index contributed by atoms with van der Waals surface area (Å²) in [6, 6.07) is 45.2. The first kappa shape index (κ1) is 23.7. The maximum absolute atomic E-state index is 6.57. The maximum Gasteiger partial charge on any atom is 0.260 e. The molecule has 198 valence electrons. The van der Waals surface area contributed by atoms with Crippen molar-refractivity contribution in [3.05, 3.63) is 133 Å². The molecule has 3 heterocycles.